The van der Waals surface area contributed by atoms with E-state index in [1.54, 1.807) is 41.7 Å². The molecular formula is C26H17F3N4O. The molecule has 2 aromatic carbocycles. The van der Waals surface area contributed by atoms with Crippen LogP contribution in [0.25, 0.3) is 28.2 Å². The highest BCUT2D eigenvalue weighted by Gasteiger charge is 2.18. The number of pyridine rings is 2. The molecule has 5 rings (SSSR count). The second kappa shape index (κ2) is 8.47. The Hall–Kier alpha value is -4.46. The highest BCUT2D eigenvalue weighted by atomic mass is 19.2. The molecule has 0 aliphatic rings. The molecule has 1 N–H and O–H groups in total. The third-order valence-electron chi connectivity index (χ3n) is 5.46. The van der Waals surface area contributed by atoms with Gasteiger partial charge in [-0.2, -0.15) is 0 Å². The molecule has 0 bridgehead atoms. The van der Waals surface area contributed by atoms with Crippen molar-refractivity contribution >= 4 is 17.1 Å². The Labute approximate surface area is 192 Å². The predicted molar refractivity (Wildman–Crippen MR) is 123 cm³/mol. The van der Waals surface area contributed by atoms with Crippen molar-refractivity contribution in [2.24, 2.45) is 0 Å². The summed E-state index contributed by atoms with van der Waals surface area (Å²) in [4.78, 5) is 21.7. The molecule has 0 saturated heterocycles. The number of benzene rings is 2. The van der Waals surface area contributed by atoms with E-state index in [1.807, 2.05) is 0 Å². The fourth-order valence-electron chi connectivity index (χ4n) is 3.75. The normalized spacial score (nSPS) is 11.1. The molecule has 34 heavy (non-hydrogen) atoms. The van der Waals surface area contributed by atoms with Gasteiger partial charge < -0.3 is 5.32 Å². The molecule has 8 heteroatoms. The number of carbonyl (C=O) groups excluding carboxylic acids is 1. The van der Waals surface area contributed by atoms with Crippen molar-refractivity contribution in [2.75, 3.05) is 5.32 Å². The fraction of sp³-hybridized carbons (Fsp3) is 0.0385. The Morgan fingerprint density at radius 1 is 0.912 bits per heavy atom. The molecule has 0 aliphatic heterocycles. The zero-order chi connectivity index (χ0) is 23.8. The number of hydrogen-bond acceptors (Lipinski definition) is 3. The average molecular weight is 458 g/mol. The maximum Gasteiger partial charge on any atom is 0.274 e. The van der Waals surface area contributed by atoms with Crippen LogP contribution in [0.3, 0.4) is 0 Å². The van der Waals surface area contributed by atoms with E-state index in [1.165, 1.54) is 42.7 Å². The van der Waals surface area contributed by atoms with Crippen LogP contribution in [0.15, 0.2) is 79.1 Å². The lowest BCUT2D eigenvalue weighted by atomic mass is 10.1. The van der Waals surface area contributed by atoms with Crippen molar-refractivity contribution in [3.63, 3.8) is 0 Å². The van der Waals surface area contributed by atoms with Gasteiger partial charge in [0, 0.05) is 11.3 Å². The maximum atomic E-state index is 14.4. The molecule has 1 amide bonds. The summed E-state index contributed by atoms with van der Waals surface area (Å²) in [5, 5.41) is 2.71. The van der Waals surface area contributed by atoms with Crippen LogP contribution in [0.4, 0.5) is 18.9 Å². The van der Waals surface area contributed by atoms with E-state index in [0.29, 0.717) is 33.8 Å². The first kappa shape index (κ1) is 21.4. The lowest BCUT2D eigenvalue weighted by Gasteiger charge is -2.11. The highest BCUT2D eigenvalue weighted by molar-refractivity contribution is 6.04. The minimum Gasteiger partial charge on any atom is -0.321 e. The largest absolute Gasteiger partial charge is 0.321 e. The maximum absolute atomic E-state index is 14.4. The van der Waals surface area contributed by atoms with Gasteiger partial charge in [0.2, 0.25) is 0 Å². The quantitative estimate of drug-likeness (QED) is 0.357. The zero-order valence-corrected chi connectivity index (χ0v) is 17.9. The van der Waals surface area contributed by atoms with Crippen LogP contribution in [-0.4, -0.2) is 20.3 Å². The Morgan fingerprint density at radius 2 is 1.68 bits per heavy atom. The minimum atomic E-state index is -0.971. The average Bonchev–Trinajstić information content (AvgIpc) is 3.27. The van der Waals surface area contributed by atoms with Gasteiger partial charge in [-0.05, 0) is 67.1 Å². The van der Waals surface area contributed by atoms with Crippen LogP contribution in [-0.2, 0) is 0 Å². The highest BCUT2D eigenvalue weighted by Crippen LogP contribution is 2.30. The molecule has 0 fully saturated rings. The molecule has 0 spiro atoms. The number of nitrogens with zero attached hydrogens (tertiary/aromatic N) is 3. The predicted octanol–water partition coefficient (Wildman–Crippen LogP) is 6.04. The monoisotopic (exact) mass is 458 g/mol. The van der Waals surface area contributed by atoms with Gasteiger partial charge in [-0.25, -0.2) is 23.1 Å². The third kappa shape index (κ3) is 3.79. The van der Waals surface area contributed by atoms with Gasteiger partial charge in [-0.1, -0.05) is 18.2 Å². The SMILES string of the molecule is Cc1ccc(-c2cccc3c(-c4cccc(F)c4F)ncn23)nc1C(=O)Nc1ccc(F)cc1. The summed E-state index contributed by atoms with van der Waals surface area (Å²) in [6.07, 6.45) is 1.50. The van der Waals surface area contributed by atoms with Gasteiger partial charge >= 0.3 is 0 Å². The number of fused-ring (bicyclic) bond motifs is 1. The Kier molecular flexibility index (Phi) is 5.33. The lowest BCUT2D eigenvalue weighted by molar-refractivity contribution is 0.102. The Balaban J connectivity index is 1.55. The summed E-state index contributed by atoms with van der Waals surface area (Å²) in [5.74, 6) is -2.76. The Bertz CT molecular complexity index is 1540. The summed E-state index contributed by atoms with van der Waals surface area (Å²) in [7, 11) is 0. The van der Waals surface area contributed by atoms with E-state index in [9.17, 15) is 18.0 Å². The summed E-state index contributed by atoms with van der Waals surface area (Å²) in [5.41, 5.74) is 3.31. The van der Waals surface area contributed by atoms with Crippen molar-refractivity contribution in [1.82, 2.24) is 14.4 Å². The van der Waals surface area contributed by atoms with Crippen LogP contribution < -0.4 is 5.32 Å². The van der Waals surface area contributed by atoms with Gasteiger partial charge in [0.25, 0.3) is 5.91 Å². The molecule has 0 atom stereocenters. The molecule has 3 heterocycles. The molecule has 3 aromatic heterocycles. The van der Waals surface area contributed by atoms with Gasteiger partial charge in [-0.15, -0.1) is 0 Å². The first-order chi connectivity index (χ1) is 16.4. The number of amides is 1. The van der Waals surface area contributed by atoms with Crippen molar-refractivity contribution in [3.8, 4) is 22.6 Å². The molecule has 0 unspecified atom stereocenters. The molecule has 0 aliphatic carbocycles. The standard InChI is InChI=1S/C26H17F3N4O/c1-15-8-13-20(32-24(15)26(34)31-17-11-9-16(27)10-12-17)21-6-3-7-22-25(30-14-33(21)22)18-4-2-5-19(28)23(18)29/h2-14H,1H3,(H,31,34). The second-order valence-electron chi connectivity index (χ2n) is 7.68. The number of nitrogens with one attached hydrogen (secondary N) is 1. The summed E-state index contributed by atoms with van der Waals surface area (Å²) in [6, 6.07) is 18.2. The van der Waals surface area contributed by atoms with E-state index < -0.39 is 23.4 Å². The van der Waals surface area contributed by atoms with Crippen molar-refractivity contribution in [1.29, 1.82) is 0 Å². The zero-order valence-electron chi connectivity index (χ0n) is 17.9. The molecule has 0 saturated carbocycles. The van der Waals surface area contributed by atoms with Gasteiger partial charge in [-0.3, -0.25) is 9.20 Å². The van der Waals surface area contributed by atoms with E-state index in [-0.39, 0.29) is 11.3 Å². The summed E-state index contributed by atoms with van der Waals surface area (Å²) in [6.45, 7) is 1.76. The van der Waals surface area contributed by atoms with E-state index >= 15 is 0 Å². The van der Waals surface area contributed by atoms with Gasteiger partial charge in [0.05, 0.1) is 22.6 Å². The van der Waals surface area contributed by atoms with Crippen LogP contribution in [0.2, 0.25) is 0 Å². The fourth-order valence-corrected chi connectivity index (χ4v) is 3.75. The van der Waals surface area contributed by atoms with E-state index in [4.69, 9.17) is 0 Å². The third-order valence-corrected chi connectivity index (χ3v) is 5.46. The topological polar surface area (TPSA) is 59.3 Å². The number of halogens is 3. The first-order valence-electron chi connectivity index (χ1n) is 10.4. The van der Waals surface area contributed by atoms with Gasteiger partial charge in [0.15, 0.2) is 11.6 Å². The van der Waals surface area contributed by atoms with Crippen molar-refractivity contribution in [2.45, 2.75) is 6.92 Å². The van der Waals surface area contributed by atoms with Crippen LogP contribution in [0, 0.1) is 24.4 Å². The first-order valence-corrected chi connectivity index (χ1v) is 10.4. The number of aromatic nitrogens is 3. The number of imidazole rings is 1. The molecular weight excluding hydrogens is 441 g/mol. The Morgan fingerprint density at radius 3 is 2.47 bits per heavy atom. The van der Waals surface area contributed by atoms with E-state index in [0.717, 1.165) is 6.07 Å². The number of rotatable bonds is 4. The molecule has 5 nitrogen and oxygen atoms in total. The van der Waals surface area contributed by atoms with Crippen molar-refractivity contribution < 1.29 is 18.0 Å². The van der Waals surface area contributed by atoms with Gasteiger partial charge in [0.1, 0.15) is 17.8 Å². The van der Waals surface area contributed by atoms with Crippen LogP contribution in [0.1, 0.15) is 16.1 Å². The smallest absolute Gasteiger partial charge is 0.274 e. The van der Waals surface area contributed by atoms with Crippen LogP contribution in [0.5, 0.6) is 0 Å². The molecule has 168 valence electrons. The minimum absolute atomic E-state index is 0.0517. The lowest BCUT2D eigenvalue weighted by Crippen LogP contribution is -2.15. The number of carbonyl (C=O) groups is 1. The molecule has 0 radical (unpaired) electrons. The van der Waals surface area contributed by atoms with Crippen LogP contribution >= 0.6 is 0 Å². The summed E-state index contributed by atoms with van der Waals surface area (Å²) < 4.78 is 43.0. The number of aryl methyl sites for hydroxylation is 1. The molecule has 5 aromatic rings. The van der Waals surface area contributed by atoms with Crippen molar-refractivity contribution in [3.05, 3.63) is 108 Å². The number of anilines is 1. The number of hydrogen-bond donors (Lipinski definition) is 1. The van der Waals surface area contributed by atoms with E-state index in [2.05, 4.69) is 15.3 Å². The summed E-state index contributed by atoms with van der Waals surface area (Å²) >= 11 is 0. The second-order valence-corrected chi connectivity index (χ2v) is 7.68.